The zero-order valence-corrected chi connectivity index (χ0v) is 19.5. The minimum absolute atomic E-state index is 0.0391. The number of para-hydroxylation sites is 1. The van der Waals surface area contributed by atoms with Crippen molar-refractivity contribution in [2.45, 2.75) is 24.8 Å². The van der Waals surface area contributed by atoms with Gasteiger partial charge in [-0.25, -0.2) is 23.0 Å². The number of hydrogen-bond donors (Lipinski definition) is 2. The van der Waals surface area contributed by atoms with Gasteiger partial charge < -0.3 is 10.1 Å². The number of primary sulfonamides is 1. The summed E-state index contributed by atoms with van der Waals surface area (Å²) in [4.78, 5) is 37.5. The number of hydrogen-bond acceptors (Lipinski definition) is 6. The van der Waals surface area contributed by atoms with Gasteiger partial charge >= 0.3 is 5.97 Å². The third-order valence-corrected chi connectivity index (χ3v) is 6.32. The van der Waals surface area contributed by atoms with Gasteiger partial charge in [-0.15, -0.1) is 0 Å². The van der Waals surface area contributed by atoms with Crippen molar-refractivity contribution in [3.05, 3.63) is 75.2 Å². The molecule has 0 aliphatic carbocycles. The van der Waals surface area contributed by atoms with Crippen LogP contribution in [0.2, 0.25) is 5.02 Å². The van der Waals surface area contributed by atoms with Crippen molar-refractivity contribution in [3.63, 3.8) is 0 Å². The van der Waals surface area contributed by atoms with E-state index >= 15 is 0 Å². The number of carbonyl (C=O) groups is 2. The molecule has 1 amide bonds. The van der Waals surface area contributed by atoms with E-state index in [2.05, 4.69) is 5.32 Å². The van der Waals surface area contributed by atoms with Crippen LogP contribution in [-0.2, 0) is 26.6 Å². The van der Waals surface area contributed by atoms with Crippen LogP contribution in [0.25, 0.3) is 5.69 Å². The Morgan fingerprint density at radius 1 is 1.15 bits per heavy atom. The summed E-state index contributed by atoms with van der Waals surface area (Å²) in [6.45, 7) is 2.98. The number of carbonyl (C=O) groups excluding carboxylic acids is 2. The molecule has 10 nitrogen and oxygen atoms in total. The molecule has 1 unspecified atom stereocenters. The summed E-state index contributed by atoms with van der Waals surface area (Å²) in [5.41, 5.74) is 0.527. The monoisotopic (exact) mass is 492 g/mol. The smallest absolute Gasteiger partial charge is 0.338 e. The van der Waals surface area contributed by atoms with Crippen LogP contribution in [0.3, 0.4) is 0 Å². The van der Waals surface area contributed by atoms with Crippen LogP contribution in [0.5, 0.6) is 0 Å². The number of amides is 1. The summed E-state index contributed by atoms with van der Waals surface area (Å²) in [7, 11) is -2.49. The largest absolute Gasteiger partial charge is 0.449 e. The van der Waals surface area contributed by atoms with Gasteiger partial charge in [0.25, 0.3) is 11.5 Å². The standard InChI is InChI=1S/C21H21ClN4O6S/c1-12-18(20(28)26(25(12)3)15-7-5-4-6-8-15)24-19(27)13(2)32-21(29)14-9-10-16(22)17(11-14)33(23,30)31/h4-11,13H,1-3H3,(H,24,27)(H2,23,30,31). The summed E-state index contributed by atoms with van der Waals surface area (Å²) >= 11 is 5.81. The molecule has 33 heavy (non-hydrogen) atoms. The Bertz CT molecular complexity index is 1400. The van der Waals surface area contributed by atoms with Crippen molar-refractivity contribution < 1.29 is 22.7 Å². The number of ether oxygens (including phenoxy) is 1. The SMILES string of the molecule is Cc1c(NC(=O)C(C)OC(=O)c2ccc(Cl)c(S(N)(=O)=O)c2)c(=O)n(-c2ccccc2)n1C. The van der Waals surface area contributed by atoms with E-state index in [0.717, 1.165) is 6.07 Å². The summed E-state index contributed by atoms with van der Waals surface area (Å²) in [6, 6.07) is 12.3. The predicted octanol–water partition coefficient (Wildman–Crippen LogP) is 1.97. The van der Waals surface area contributed by atoms with Crippen LogP contribution in [0.15, 0.2) is 58.2 Å². The van der Waals surface area contributed by atoms with Gasteiger partial charge in [-0.3, -0.25) is 14.3 Å². The molecule has 0 aliphatic heterocycles. The maximum atomic E-state index is 12.9. The lowest BCUT2D eigenvalue weighted by Gasteiger charge is -2.13. The second-order valence-corrected chi connectivity index (χ2v) is 9.10. The van der Waals surface area contributed by atoms with Crippen molar-refractivity contribution in [3.8, 4) is 5.69 Å². The molecule has 0 aliphatic rings. The predicted molar refractivity (Wildman–Crippen MR) is 122 cm³/mol. The molecule has 0 saturated heterocycles. The van der Waals surface area contributed by atoms with Gasteiger partial charge in [-0.1, -0.05) is 29.8 Å². The minimum atomic E-state index is -4.17. The normalized spacial score (nSPS) is 12.3. The first-order valence-corrected chi connectivity index (χ1v) is 11.5. The number of nitrogens with two attached hydrogens (primary N) is 1. The summed E-state index contributed by atoms with van der Waals surface area (Å²) in [5.74, 6) is -1.71. The number of anilines is 1. The summed E-state index contributed by atoms with van der Waals surface area (Å²) in [5, 5.41) is 7.43. The third-order valence-electron chi connectivity index (χ3n) is 4.93. The van der Waals surface area contributed by atoms with E-state index < -0.39 is 38.5 Å². The molecule has 3 rings (SSSR count). The Balaban J connectivity index is 1.80. The van der Waals surface area contributed by atoms with Crippen molar-refractivity contribution in [1.82, 2.24) is 9.36 Å². The van der Waals surface area contributed by atoms with Gasteiger partial charge in [0.05, 0.1) is 22.0 Å². The summed E-state index contributed by atoms with van der Waals surface area (Å²) in [6.07, 6.45) is -1.30. The van der Waals surface area contributed by atoms with Crippen LogP contribution < -0.4 is 16.0 Å². The second kappa shape index (κ2) is 9.22. The van der Waals surface area contributed by atoms with Gasteiger partial charge in [0, 0.05) is 7.05 Å². The number of benzene rings is 2. The lowest BCUT2D eigenvalue weighted by Crippen LogP contribution is -2.32. The molecule has 0 radical (unpaired) electrons. The number of nitrogens with zero attached hydrogens (tertiary/aromatic N) is 2. The van der Waals surface area contributed by atoms with Crippen LogP contribution in [0.4, 0.5) is 5.69 Å². The molecule has 1 atom stereocenters. The van der Waals surface area contributed by atoms with Crippen LogP contribution in [0, 0.1) is 6.92 Å². The maximum Gasteiger partial charge on any atom is 0.338 e. The first kappa shape index (κ1) is 24.2. The van der Waals surface area contributed by atoms with Gasteiger partial charge in [-0.05, 0) is 44.2 Å². The second-order valence-electron chi connectivity index (χ2n) is 7.16. The van der Waals surface area contributed by atoms with Gasteiger partial charge in [0.2, 0.25) is 10.0 Å². The number of aromatic nitrogens is 2. The van der Waals surface area contributed by atoms with Gasteiger partial charge in [-0.2, -0.15) is 0 Å². The highest BCUT2D eigenvalue weighted by atomic mass is 35.5. The molecule has 0 fully saturated rings. The third kappa shape index (κ3) is 5.00. The van der Waals surface area contributed by atoms with Crippen molar-refractivity contribution >= 4 is 39.2 Å². The van der Waals surface area contributed by atoms with E-state index in [1.165, 1.54) is 23.7 Å². The van der Waals surface area contributed by atoms with E-state index in [-0.39, 0.29) is 16.3 Å². The molecular formula is C21H21ClN4O6S. The topological polar surface area (TPSA) is 142 Å². The van der Waals surface area contributed by atoms with Crippen molar-refractivity contribution in [1.29, 1.82) is 0 Å². The van der Waals surface area contributed by atoms with E-state index in [1.54, 1.807) is 42.9 Å². The molecule has 0 bridgehead atoms. The molecule has 0 spiro atoms. The van der Waals surface area contributed by atoms with Crippen LogP contribution >= 0.6 is 11.6 Å². The molecule has 1 heterocycles. The Kier molecular flexibility index (Phi) is 6.77. The minimum Gasteiger partial charge on any atom is -0.449 e. The zero-order chi connectivity index (χ0) is 24.5. The molecule has 1 aromatic heterocycles. The molecule has 0 saturated carbocycles. The molecule has 2 aromatic carbocycles. The highest BCUT2D eigenvalue weighted by molar-refractivity contribution is 7.89. The van der Waals surface area contributed by atoms with Crippen molar-refractivity contribution in [2.24, 2.45) is 12.2 Å². The Labute approximate surface area is 194 Å². The van der Waals surface area contributed by atoms with Crippen molar-refractivity contribution in [2.75, 3.05) is 5.32 Å². The van der Waals surface area contributed by atoms with Crippen LogP contribution in [-0.4, -0.2) is 35.8 Å². The van der Waals surface area contributed by atoms with E-state index in [9.17, 15) is 22.8 Å². The molecule has 3 aromatic rings. The highest BCUT2D eigenvalue weighted by Gasteiger charge is 2.24. The van der Waals surface area contributed by atoms with E-state index in [1.807, 2.05) is 6.07 Å². The molecule has 12 heteroatoms. The average molecular weight is 493 g/mol. The fraction of sp³-hybridized carbons (Fsp3) is 0.190. The highest BCUT2D eigenvalue weighted by Crippen LogP contribution is 2.22. The zero-order valence-electron chi connectivity index (χ0n) is 17.9. The maximum absolute atomic E-state index is 12.9. The number of sulfonamides is 1. The number of nitrogens with one attached hydrogen (secondary N) is 1. The lowest BCUT2D eigenvalue weighted by molar-refractivity contribution is -0.123. The van der Waals surface area contributed by atoms with Gasteiger partial charge in [0.1, 0.15) is 10.6 Å². The lowest BCUT2D eigenvalue weighted by atomic mass is 10.2. The first-order chi connectivity index (χ1) is 15.4. The van der Waals surface area contributed by atoms with E-state index in [4.69, 9.17) is 21.5 Å². The first-order valence-electron chi connectivity index (χ1n) is 9.60. The number of esters is 1. The molecule has 174 valence electrons. The van der Waals surface area contributed by atoms with E-state index in [0.29, 0.717) is 11.4 Å². The fourth-order valence-corrected chi connectivity index (χ4v) is 4.14. The van der Waals surface area contributed by atoms with Gasteiger partial charge in [0.15, 0.2) is 6.10 Å². The molecular weight excluding hydrogens is 472 g/mol. The quantitative estimate of drug-likeness (QED) is 0.503. The Hall–Kier alpha value is -3.41. The van der Waals surface area contributed by atoms with Crippen LogP contribution in [0.1, 0.15) is 23.0 Å². The summed E-state index contributed by atoms with van der Waals surface area (Å²) < 4.78 is 31.3. The Morgan fingerprint density at radius 2 is 1.79 bits per heavy atom. The number of rotatable bonds is 6. The Morgan fingerprint density at radius 3 is 2.39 bits per heavy atom. The fourth-order valence-electron chi connectivity index (χ4n) is 3.07. The number of halogens is 1. The average Bonchev–Trinajstić information content (AvgIpc) is 2.96. The molecule has 3 N–H and O–H groups in total.